The number of thioether (sulfide) groups is 1. The van der Waals surface area contributed by atoms with E-state index in [2.05, 4.69) is 0 Å². The van der Waals surface area contributed by atoms with Crippen LogP contribution in [0.2, 0.25) is 0 Å². The van der Waals surface area contributed by atoms with E-state index in [4.69, 9.17) is 35.7 Å². The van der Waals surface area contributed by atoms with Crippen molar-refractivity contribution >= 4 is 41.0 Å². The molecule has 0 spiro atoms. The van der Waals surface area contributed by atoms with Crippen molar-refractivity contribution < 1.29 is 28.0 Å². The van der Waals surface area contributed by atoms with E-state index in [0.717, 1.165) is 16.7 Å². The van der Waals surface area contributed by atoms with Gasteiger partial charge < -0.3 is 23.5 Å². The maximum Gasteiger partial charge on any atom is 0.274 e. The van der Waals surface area contributed by atoms with Crippen molar-refractivity contribution in [1.29, 1.82) is 0 Å². The molecule has 1 aliphatic heterocycles. The smallest absolute Gasteiger partial charge is 0.274 e. The number of rotatable bonds is 12. The van der Waals surface area contributed by atoms with Crippen LogP contribution in [0.5, 0.6) is 0 Å². The molecule has 5 atom stereocenters. The zero-order valence-electron chi connectivity index (χ0n) is 23.9. The van der Waals surface area contributed by atoms with Gasteiger partial charge in [-0.25, -0.2) is 0 Å². The van der Waals surface area contributed by atoms with Gasteiger partial charge in [0, 0.05) is 5.30 Å². The fraction of sp³-hybridized carbons (Fsp3) is 0.265. The number of thiocarbonyl (C=S) groups is 1. The van der Waals surface area contributed by atoms with Crippen LogP contribution >= 0.6 is 31.3 Å². The van der Waals surface area contributed by atoms with Gasteiger partial charge >= 0.3 is 0 Å². The van der Waals surface area contributed by atoms with Crippen molar-refractivity contribution in [3.05, 3.63) is 138 Å². The molecule has 43 heavy (non-hydrogen) atoms. The maximum atomic E-state index is 15.1. The van der Waals surface area contributed by atoms with Crippen molar-refractivity contribution in [3.8, 4) is 0 Å². The van der Waals surface area contributed by atoms with E-state index in [1.165, 1.54) is 11.8 Å². The van der Waals surface area contributed by atoms with Crippen LogP contribution in [-0.4, -0.2) is 41.4 Å². The minimum absolute atomic E-state index is 0.135. The van der Waals surface area contributed by atoms with Crippen molar-refractivity contribution in [2.45, 2.75) is 44.0 Å². The molecule has 0 saturated carbocycles. The first-order valence-electron chi connectivity index (χ1n) is 14.1. The topological polar surface area (TPSA) is 63.2 Å². The number of hydrogen-bond donors (Lipinski definition) is 0. The van der Waals surface area contributed by atoms with Gasteiger partial charge in [-0.1, -0.05) is 121 Å². The highest BCUT2D eigenvalue weighted by Crippen LogP contribution is 2.59. The van der Waals surface area contributed by atoms with E-state index in [1.807, 2.05) is 115 Å². The molecule has 0 amide bonds. The molecule has 5 rings (SSSR count). The van der Waals surface area contributed by atoms with Crippen molar-refractivity contribution in [2.75, 3.05) is 12.9 Å². The predicted molar refractivity (Wildman–Crippen MR) is 176 cm³/mol. The number of benzene rings is 4. The summed E-state index contributed by atoms with van der Waals surface area (Å²) in [5.41, 5.74) is 2.98. The van der Waals surface area contributed by atoms with Gasteiger partial charge in [0.2, 0.25) is 10.2 Å². The lowest BCUT2D eigenvalue weighted by Crippen LogP contribution is -2.56. The second-order valence-electron chi connectivity index (χ2n) is 10.1. The van der Waals surface area contributed by atoms with E-state index >= 15 is 4.57 Å². The summed E-state index contributed by atoms with van der Waals surface area (Å²) in [5.74, 6) is -1.04. The molecule has 0 unspecified atom stereocenters. The Morgan fingerprint density at radius 3 is 1.70 bits per heavy atom. The van der Waals surface area contributed by atoms with Crippen molar-refractivity contribution in [2.24, 2.45) is 0 Å². The summed E-state index contributed by atoms with van der Waals surface area (Å²) < 4.78 is 47.6. The van der Waals surface area contributed by atoms with E-state index in [-0.39, 0.29) is 17.6 Å². The van der Waals surface area contributed by atoms with Crippen LogP contribution in [0.15, 0.2) is 121 Å². The van der Waals surface area contributed by atoms with Crippen molar-refractivity contribution in [3.63, 3.8) is 0 Å². The van der Waals surface area contributed by atoms with E-state index in [0.29, 0.717) is 18.5 Å². The lowest BCUT2D eigenvalue weighted by molar-refractivity contribution is -0.171. The van der Waals surface area contributed by atoms with Crippen LogP contribution in [0, 0.1) is 0 Å². The Balaban J connectivity index is 1.51. The Morgan fingerprint density at radius 2 is 1.19 bits per heavy atom. The fourth-order valence-electron chi connectivity index (χ4n) is 4.92. The van der Waals surface area contributed by atoms with Gasteiger partial charge in [-0.3, -0.25) is 4.57 Å². The molecule has 1 saturated heterocycles. The highest BCUT2D eigenvalue weighted by molar-refractivity contribution is 8.22. The standard InChI is InChI=1S/C34H35O6PS2/c1-43-34(42)39-33-32(38-24-28-18-10-4-11-19-28)31(37-23-27-16-8-3-9-17-27)30(25-36-22-26-14-6-2-7-15-26)40-41(33,35)29-20-12-5-13-21-29/h2-21,30-33H,22-25H2,1H3/t30-,31-,32+,33-,41+/m1/s1. The summed E-state index contributed by atoms with van der Waals surface area (Å²) in [6.07, 6.45) is -0.371. The van der Waals surface area contributed by atoms with Gasteiger partial charge in [-0.15, -0.1) is 0 Å². The molecule has 0 N–H and O–H groups in total. The minimum atomic E-state index is -3.73. The van der Waals surface area contributed by atoms with Gasteiger partial charge in [0.05, 0.1) is 26.4 Å². The minimum Gasteiger partial charge on any atom is -0.462 e. The summed E-state index contributed by atoms with van der Waals surface area (Å²) in [4.78, 5) is 0. The second-order valence-corrected chi connectivity index (χ2v) is 13.9. The molecule has 0 bridgehead atoms. The van der Waals surface area contributed by atoms with E-state index in [9.17, 15) is 0 Å². The normalized spacial score (nSPS) is 23.5. The van der Waals surface area contributed by atoms with Crippen molar-refractivity contribution in [1.82, 2.24) is 0 Å². The molecular formula is C34H35O6PS2. The Bertz CT molecular complexity index is 1460. The number of hydrogen-bond acceptors (Lipinski definition) is 8. The van der Waals surface area contributed by atoms with Crippen LogP contribution in [-0.2, 0) is 47.9 Å². The Hall–Kier alpha value is -2.81. The first-order valence-corrected chi connectivity index (χ1v) is 17.4. The molecular weight excluding hydrogens is 599 g/mol. The van der Waals surface area contributed by atoms with Crippen LogP contribution in [0.25, 0.3) is 0 Å². The summed E-state index contributed by atoms with van der Waals surface area (Å²) in [6, 6.07) is 38.7. The molecule has 1 fully saturated rings. The number of ether oxygens (including phenoxy) is 4. The first kappa shape index (κ1) is 31.6. The van der Waals surface area contributed by atoms with Crippen LogP contribution in [0.1, 0.15) is 16.7 Å². The average molecular weight is 635 g/mol. The molecule has 9 heteroatoms. The SMILES string of the molecule is CSC(=S)O[C@H]1[C@@H](OCc2ccccc2)[C@H](OCc2ccccc2)[C@@H](COCc2ccccc2)O[P@@]1(=O)c1ccccc1. The van der Waals surface area contributed by atoms with Crippen LogP contribution < -0.4 is 5.30 Å². The third-order valence-electron chi connectivity index (χ3n) is 7.06. The molecule has 0 aliphatic carbocycles. The Kier molecular flexibility index (Phi) is 11.6. The molecule has 224 valence electrons. The quantitative estimate of drug-likeness (QED) is 0.118. The molecule has 0 radical (unpaired) electrons. The zero-order chi connectivity index (χ0) is 29.9. The van der Waals surface area contributed by atoms with Gasteiger partial charge in [-0.05, 0) is 47.3 Å². The van der Waals surface area contributed by atoms with Gasteiger partial charge in [-0.2, -0.15) is 0 Å². The molecule has 0 aromatic heterocycles. The molecule has 4 aromatic rings. The monoisotopic (exact) mass is 634 g/mol. The molecule has 1 heterocycles. The molecule has 4 aromatic carbocycles. The highest BCUT2D eigenvalue weighted by Gasteiger charge is 2.56. The van der Waals surface area contributed by atoms with Crippen LogP contribution in [0.4, 0.5) is 0 Å². The summed E-state index contributed by atoms with van der Waals surface area (Å²) in [6.45, 7) is 1.06. The maximum absolute atomic E-state index is 15.1. The Morgan fingerprint density at radius 1 is 0.721 bits per heavy atom. The Labute approximate surface area is 263 Å². The summed E-state index contributed by atoms with van der Waals surface area (Å²) in [7, 11) is -3.73. The van der Waals surface area contributed by atoms with E-state index < -0.39 is 31.5 Å². The van der Waals surface area contributed by atoms with Gasteiger partial charge in [0.1, 0.15) is 18.3 Å². The zero-order valence-corrected chi connectivity index (χ0v) is 26.4. The third-order valence-corrected chi connectivity index (χ3v) is 10.8. The van der Waals surface area contributed by atoms with Crippen LogP contribution in [0.3, 0.4) is 0 Å². The average Bonchev–Trinajstić information content (AvgIpc) is 3.06. The highest BCUT2D eigenvalue weighted by atomic mass is 32.2. The summed E-state index contributed by atoms with van der Waals surface area (Å²) >= 11 is 6.76. The molecule has 6 nitrogen and oxygen atoms in total. The molecule has 1 aliphatic rings. The largest absolute Gasteiger partial charge is 0.462 e. The third kappa shape index (κ3) is 8.43. The lowest BCUT2D eigenvalue weighted by atomic mass is 10.1. The predicted octanol–water partition coefficient (Wildman–Crippen LogP) is 7.37. The first-order chi connectivity index (χ1) is 21.1. The van der Waals surface area contributed by atoms with E-state index in [1.54, 1.807) is 12.1 Å². The lowest BCUT2D eigenvalue weighted by Gasteiger charge is -2.45. The van der Waals surface area contributed by atoms with Gasteiger partial charge in [0.25, 0.3) is 7.37 Å². The second kappa shape index (κ2) is 15.8. The fourth-order valence-corrected chi connectivity index (χ4v) is 7.96. The van der Waals surface area contributed by atoms with Gasteiger partial charge in [0.15, 0.2) is 0 Å². The summed E-state index contributed by atoms with van der Waals surface area (Å²) in [5, 5.41) is 0.520.